The van der Waals surface area contributed by atoms with Crippen molar-refractivity contribution in [2.45, 2.75) is 52.2 Å². The molecule has 0 saturated heterocycles. The molecule has 19 heavy (non-hydrogen) atoms. The molecule has 1 aliphatic carbocycles. The van der Waals surface area contributed by atoms with Crippen LogP contribution in [0, 0.1) is 11.8 Å². The van der Waals surface area contributed by atoms with Gasteiger partial charge in [-0.1, -0.05) is 6.92 Å². The van der Waals surface area contributed by atoms with Gasteiger partial charge in [-0.05, 0) is 33.1 Å². The van der Waals surface area contributed by atoms with Gasteiger partial charge in [0.05, 0.1) is 12.0 Å². The summed E-state index contributed by atoms with van der Waals surface area (Å²) in [5.41, 5.74) is 5.77. The molecule has 0 spiro atoms. The first-order valence-corrected chi connectivity index (χ1v) is 6.64. The Labute approximate surface area is 121 Å². The summed E-state index contributed by atoms with van der Waals surface area (Å²) in [5.74, 6) is -0.569. The van der Waals surface area contributed by atoms with Crippen molar-refractivity contribution in [2.75, 3.05) is 6.54 Å². The third-order valence-corrected chi connectivity index (χ3v) is 3.18. The Balaban J connectivity index is 0.00000324. The lowest BCUT2D eigenvalue weighted by molar-refractivity contribution is -0.151. The minimum Gasteiger partial charge on any atom is -0.463 e. The van der Waals surface area contributed by atoms with Crippen LogP contribution in [0.1, 0.15) is 40.0 Å². The topological polar surface area (TPSA) is 81.4 Å². The summed E-state index contributed by atoms with van der Waals surface area (Å²) in [4.78, 5) is 23.4. The van der Waals surface area contributed by atoms with Crippen LogP contribution in [0.5, 0.6) is 0 Å². The lowest BCUT2D eigenvalue weighted by Gasteiger charge is -2.16. The van der Waals surface area contributed by atoms with Crippen LogP contribution < -0.4 is 11.1 Å². The van der Waals surface area contributed by atoms with Gasteiger partial charge in [-0.15, -0.1) is 12.4 Å². The molecular formula is C13H25ClN2O3. The van der Waals surface area contributed by atoms with Crippen LogP contribution in [0.15, 0.2) is 0 Å². The van der Waals surface area contributed by atoms with Gasteiger partial charge < -0.3 is 15.8 Å². The Kier molecular flexibility index (Phi) is 8.02. The first-order valence-electron chi connectivity index (χ1n) is 6.64. The van der Waals surface area contributed by atoms with Crippen LogP contribution >= 0.6 is 12.4 Å². The molecule has 0 heterocycles. The second kappa shape index (κ2) is 8.38. The van der Waals surface area contributed by atoms with E-state index in [0.29, 0.717) is 6.54 Å². The van der Waals surface area contributed by atoms with Gasteiger partial charge >= 0.3 is 5.97 Å². The van der Waals surface area contributed by atoms with E-state index in [0.717, 1.165) is 19.3 Å². The normalized spacial score (nSPS) is 23.6. The predicted molar refractivity (Wildman–Crippen MR) is 76.0 cm³/mol. The van der Waals surface area contributed by atoms with Crippen LogP contribution in [0.4, 0.5) is 0 Å². The van der Waals surface area contributed by atoms with E-state index in [-0.39, 0.29) is 48.3 Å². The molecule has 5 nitrogen and oxygen atoms in total. The number of nitrogens with one attached hydrogen (secondary N) is 1. The van der Waals surface area contributed by atoms with Crippen LogP contribution in [0.2, 0.25) is 0 Å². The lowest BCUT2D eigenvalue weighted by Crippen LogP contribution is -2.36. The number of esters is 1. The largest absolute Gasteiger partial charge is 0.463 e. The molecule has 112 valence electrons. The zero-order valence-corrected chi connectivity index (χ0v) is 12.7. The number of halogens is 1. The molecule has 1 saturated carbocycles. The second-order valence-electron chi connectivity index (χ2n) is 5.40. The monoisotopic (exact) mass is 292 g/mol. The number of amides is 1. The minimum absolute atomic E-state index is 0. The molecule has 3 unspecified atom stereocenters. The molecule has 1 amide bonds. The average molecular weight is 293 g/mol. The molecule has 0 radical (unpaired) electrons. The molecule has 0 aromatic heterocycles. The highest BCUT2D eigenvalue weighted by Gasteiger charge is 2.28. The maximum Gasteiger partial charge on any atom is 0.310 e. The van der Waals surface area contributed by atoms with E-state index in [1.165, 1.54) is 0 Å². The van der Waals surface area contributed by atoms with Gasteiger partial charge in [0.15, 0.2) is 0 Å². The highest BCUT2D eigenvalue weighted by Crippen LogP contribution is 2.24. The molecule has 0 bridgehead atoms. The van der Waals surface area contributed by atoms with E-state index in [9.17, 15) is 9.59 Å². The fourth-order valence-corrected chi connectivity index (χ4v) is 2.08. The summed E-state index contributed by atoms with van der Waals surface area (Å²) in [6.07, 6.45) is 2.38. The van der Waals surface area contributed by atoms with Crippen molar-refractivity contribution in [3.05, 3.63) is 0 Å². The second-order valence-corrected chi connectivity index (χ2v) is 5.40. The Bertz CT molecular complexity index is 310. The summed E-state index contributed by atoms with van der Waals surface area (Å²) in [7, 11) is 0. The Morgan fingerprint density at radius 2 is 1.95 bits per heavy atom. The van der Waals surface area contributed by atoms with Crippen molar-refractivity contribution < 1.29 is 14.3 Å². The summed E-state index contributed by atoms with van der Waals surface area (Å²) in [5, 5.41) is 2.80. The van der Waals surface area contributed by atoms with Crippen molar-refractivity contribution in [3.8, 4) is 0 Å². The molecule has 1 aliphatic rings. The van der Waals surface area contributed by atoms with Crippen molar-refractivity contribution >= 4 is 24.3 Å². The first-order chi connectivity index (χ1) is 8.40. The van der Waals surface area contributed by atoms with E-state index in [1.807, 2.05) is 13.8 Å². The van der Waals surface area contributed by atoms with Crippen LogP contribution in [0.3, 0.4) is 0 Å². The number of ether oxygens (including phenoxy) is 1. The van der Waals surface area contributed by atoms with E-state index < -0.39 is 0 Å². The zero-order valence-electron chi connectivity index (χ0n) is 11.8. The molecule has 0 aliphatic heterocycles. The van der Waals surface area contributed by atoms with Crippen LogP contribution in [-0.2, 0) is 14.3 Å². The van der Waals surface area contributed by atoms with E-state index in [4.69, 9.17) is 10.5 Å². The Morgan fingerprint density at radius 1 is 1.32 bits per heavy atom. The predicted octanol–water partition coefficient (Wildman–Crippen LogP) is 1.24. The summed E-state index contributed by atoms with van der Waals surface area (Å²) in [6, 6.07) is 0.143. The van der Waals surface area contributed by atoms with Crippen LogP contribution in [-0.4, -0.2) is 30.6 Å². The summed E-state index contributed by atoms with van der Waals surface area (Å²) < 4.78 is 5.08. The van der Waals surface area contributed by atoms with Gasteiger partial charge in [0.1, 0.15) is 0 Å². The van der Waals surface area contributed by atoms with Gasteiger partial charge in [0.2, 0.25) is 5.91 Å². The standard InChI is InChI=1S/C13H24N2O3.ClH/c1-8(2)18-13(17)9(3)7-15-12(16)10-4-5-11(14)6-10;/h8-11H,4-7,14H2,1-3H3,(H,15,16);1H. The molecular weight excluding hydrogens is 268 g/mol. The minimum atomic E-state index is -0.313. The molecule has 1 rings (SSSR count). The number of carbonyl (C=O) groups is 2. The maximum absolute atomic E-state index is 11.8. The fraction of sp³-hybridized carbons (Fsp3) is 0.846. The third-order valence-electron chi connectivity index (χ3n) is 3.18. The SMILES string of the molecule is CC(C)OC(=O)C(C)CNC(=O)C1CCC(N)C1.Cl. The van der Waals surface area contributed by atoms with Gasteiger partial charge in [-0.2, -0.15) is 0 Å². The van der Waals surface area contributed by atoms with Gasteiger partial charge in [0.25, 0.3) is 0 Å². The molecule has 1 fully saturated rings. The summed E-state index contributed by atoms with van der Waals surface area (Å²) in [6.45, 7) is 5.70. The third kappa shape index (κ3) is 6.25. The fourth-order valence-electron chi connectivity index (χ4n) is 2.08. The number of nitrogens with two attached hydrogens (primary N) is 1. The first kappa shape index (κ1) is 18.2. The smallest absolute Gasteiger partial charge is 0.310 e. The Morgan fingerprint density at radius 3 is 2.42 bits per heavy atom. The maximum atomic E-state index is 11.8. The molecule has 0 aromatic rings. The van der Waals surface area contributed by atoms with Crippen molar-refractivity contribution in [3.63, 3.8) is 0 Å². The van der Waals surface area contributed by atoms with Crippen molar-refractivity contribution in [1.29, 1.82) is 0 Å². The molecule has 3 atom stereocenters. The summed E-state index contributed by atoms with van der Waals surface area (Å²) >= 11 is 0. The van der Waals surface area contributed by atoms with E-state index in [2.05, 4.69) is 5.32 Å². The quantitative estimate of drug-likeness (QED) is 0.747. The van der Waals surface area contributed by atoms with Gasteiger partial charge in [0, 0.05) is 18.5 Å². The Hall–Kier alpha value is -0.810. The van der Waals surface area contributed by atoms with Crippen molar-refractivity contribution in [2.24, 2.45) is 17.6 Å². The average Bonchev–Trinajstić information content (AvgIpc) is 2.71. The molecule has 6 heteroatoms. The number of hydrogen-bond acceptors (Lipinski definition) is 4. The highest BCUT2D eigenvalue weighted by molar-refractivity contribution is 5.85. The molecule has 0 aromatic carbocycles. The van der Waals surface area contributed by atoms with Crippen molar-refractivity contribution in [1.82, 2.24) is 5.32 Å². The van der Waals surface area contributed by atoms with E-state index in [1.54, 1.807) is 6.92 Å². The van der Waals surface area contributed by atoms with Gasteiger partial charge in [-0.3, -0.25) is 9.59 Å². The highest BCUT2D eigenvalue weighted by atomic mass is 35.5. The number of hydrogen-bond donors (Lipinski definition) is 2. The number of carbonyl (C=O) groups excluding carboxylic acids is 2. The number of rotatable bonds is 5. The van der Waals surface area contributed by atoms with E-state index >= 15 is 0 Å². The molecule has 3 N–H and O–H groups in total. The lowest BCUT2D eigenvalue weighted by atomic mass is 10.1. The van der Waals surface area contributed by atoms with Gasteiger partial charge in [-0.25, -0.2) is 0 Å². The zero-order chi connectivity index (χ0) is 13.7. The van der Waals surface area contributed by atoms with Crippen LogP contribution in [0.25, 0.3) is 0 Å².